The summed E-state index contributed by atoms with van der Waals surface area (Å²) in [6, 6.07) is 20.7. The number of hydrogen-bond donors (Lipinski definition) is 1. The molecule has 0 aliphatic rings. The van der Waals surface area contributed by atoms with E-state index in [2.05, 4.69) is 42.5 Å². The van der Waals surface area contributed by atoms with Gasteiger partial charge in [-0.05, 0) is 0 Å². The summed E-state index contributed by atoms with van der Waals surface area (Å²) < 4.78 is 7.68. The molecule has 1 aromatic heterocycles. The predicted octanol–water partition coefficient (Wildman–Crippen LogP) is 4.31. The molecular weight excluding hydrogens is 351 g/mol. The predicted molar refractivity (Wildman–Crippen MR) is 96.1 cm³/mol. The first-order valence-corrected chi connectivity index (χ1v) is 9.27. The minimum absolute atomic E-state index is 0.120. The molecule has 118 valence electrons. The molecule has 0 unspecified atom stereocenters. The monoisotopic (exact) mass is 372 g/mol. The van der Waals surface area contributed by atoms with E-state index in [9.17, 15) is 5.11 Å². The second-order valence-corrected chi connectivity index (χ2v) is 8.21. The molecule has 2 aromatic carbocycles. The van der Waals surface area contributed by atoms with Gasteiger partial charge >= 0.3 is 143 Å². The van der Waals surface area contributed by atoms with Gasteiger partial charge in [-0.15, -0.1) is 0 Å². The first-order valence-electron chi connectivity index (χ1n) is 7.55. The Morgan fingerprint density at radius 3 is 2.13 bits per heavy atom. The van der Waals surface area contributed by atoms with Crippen molar-refractivity contribution < 1.29 is 9.84 Å². The van der Waals surface area contributed by atoms with Crippen LogP contribution in [0, 0.1) is 0 Å². The van der Waals surface area contributed by atoms with Crippen LogP contribution in [0.5, 0.6) is 5.75 Å². The van der Waals surface area contributed by atoms with E-state index in [0.29, 0.717) is 0 Å². The second kappa shape index (κ2) is 6.37. The van der Waals surface area contributed by atoms with Gasteiger partial charge in [0.2, 0.25) is 0 Å². The van der Waals surface area contributed by atoms with E-state index < -0.39 is 5.60 Å². The third-order valence-electron chi connectivity index (χ3n) is 3.77. The molecule has 3 aromatic rings. The van der Waals surface area contributed by atoms with Crippen molar-refractivity contribution in [3.8, 4) is 26.9 Å². The molecule has 0 bridgehead atoms. The first-order chi connectivity index (χ1) is 11.0. The Morgan fingerprint density at radius 2 is 1.57 bits per heavy atom. The normalized spacial score (nSPS) is 11.5. The van der Waals surface area contributed by atoms with Crippen LogP contribution in [-0.2, 0) is 5.60 Å². The Bertz CT molecular complexity index is 781. The number of aliphatic hydroxyl groups is 1. The van der Waals surface area contributed by atoms with Crippen molar-refractivity contribution in [2.45, 2.75) is 19.4 Å². The molecule has 0 saturated carbocycles. The quantitative estimate of drug-likeness (QED) is 0.693. The zero-order valence-corrected chi connectivity index (χ0v) is 15.3. The Labute approximate surface area is 143 Å². The molecule has 0 atom stereocenters. The topological polar surface area (TPSA) is 29.5 Å². The van der Waals surface area contributed by atoms with Crippen molar-refractivity contribution in [2.24, 2.45) is 0 Å². The Kier molecular flexibility index (Phi) is 4.45. The van der Waals surface area contributed by atoms with Crippen molar-refractivity contribution in [3.05, 3.63) is 65.1 Å². The van der Waals surface area contributed by atoms with Gasteiger partial charge in [0.25, 0.3) is 0 Å². The van der Waals surface area contributed by atoms with Crippen LogP contribution in [-0.4, -0.2) is 26.7 Å². The van der Waals surface area contributed by atoms with Gasteiger partial charge in [-0.3, -0.25) is 0 Å². The van der Waals surface area contributed by atoms with E-state index in [1.165, 1.54) is 15.6 Å². The van der Waals surface area contributed by atoms with Crippen molar-refractivity contribution in [1.82, 2.24) is 0 Å². The molecule has 0 aliphatic carbocycles. The van der Waals surface area contributed by atoms with Gasteiger partial charge < -0.3 is 0 Å². The third-order valence-corrected chi connectivity index (χ3v) is 6.91. The van der Waals surface area contributed by atoms with Crippen LogP contribution in [0.1, 0.15) is 18.3 Å². The average molecular weight is 371 g/mol. The first kappa shape index (κ1) is 16.1. The molecule has 0 fully saturated rings. The summed E-state index contributed by atoms with van der Waals surface area (Å²) in [4.78, 5) is 0. The number of rotatable bonds is 4. The number of methoxy groups -OCH3 is 1. The van der Waals surface area contributed by atoms with Crippen LogP contribution < -0.4 is 4.74 Å². The molecule has 3 heteroatoms. The fourth-order valence-electron chi connectivity index (χ4n) is 2.48. The molecule has 0 radical (unpaired) electrons. The van der Waals surface area contributed by atoms with Crippen LogP contribution in [0.3, 0.4) is 0 Å². The maximum absolute atomic E-state index is 10.4. The molecular formula is C20H20O2Se. The Morgan fingerprint density at radius 1 is 0.913 bits per heavy atom. The standard InChI is InChI=1S/C20H20O2Se/c1-20(2,21)18-13-17(14-9-11-16(22-3)12-10-14)19(23-18)15-7-5-4-6-8-15/h4-13,21H,1-3H3. The van der Waals surface area contributed by atoms with Gasteiger partial charge in [0.05, 0.1) is 0 Å². The van der Waals surface area contributed by atoms with Gasteiger partial charge in [0.15, 0.2) is 0 Å². The maximum atomic E-state index is 10.4. The summed E-state index contributed by atoms with van der Waals surface area (Å²) in [7, 11) is 1.68. The molecule has 2 nitrogen and oxygen atoms in total. The zero-order chi connectivity index (χ0) is 16.4. The van der Waals surface area contributed by atoms with E-state index in [1.807, 2.05) is 32.0 Å². The fourth-order valence-corrected chi connectivity index (χ4v) is 4.97. The molecule has 0 saturated heterocycles. The van der Waals surface area contributed by atoms with Crippen LogP contribution in [0.25, 0.3) is 21.1 Å². The van der Waals surface area contributed by atoms with E-state index in [4.69, 9.17) is 4.74 Å². The van der Waals surface area contributed by atoms with Gasteiger partial charge in [-0.2, -0.15) is 0 Å². The van der Waals surface area contributed by atoms with Gasteiger partial charge in [0.1, 0.15) is 0 Å². The van der Waals surface area contributed by atoms with Crippen LogP contribution >= 0.6 is 0 Å². The van der Waals surface area contributed by atoms with E-state index in [-0.39, 0.29) is 14.5 Å². The SMILES string of the molecule is COc1ccc(-c2cc(C(C)(C)O)[se]c2-c2ccccc2)cc1. The molecule has 0 aliphatic heterocycles. The van der Waals surface area contributed by atoms with E-state index in [1.54, 1.807) is 7.11 Å². The van der Waals surface area contributed by atoms with Crippen molar-refractivity contribution >= 4 is 14.5 Å². The van der Waals surface area contributed by atoms with Gasteiger partial charge in [0, 0.05) is 0 Å². The van der Waals surface area contributed by atoms with E-state index in [0.717, 1.165) is 15.8 Å². The average Bonchev–Trinajstić information content (AvgIpc) is 3.01. The Hall–Kier alpha value is -1.80. The summed E-state index contributed by atoms with van der Waals surface area (Å²) in [6.07, 6.45) is 0. The van der Waals surface area contributed by atoms with Crippen LogP contribution in [0.2, 0.25) is 0 Å². The number of hydrogen-bond acceptors (Lipinski definition) is 2. The summed E-state index contributed by atoms with van der Waals surface area (Å²) in [5.74, 6) is 0.853. The molecule has 0 amide bonds. The second-order valence-electron chi connectivity index (χ2n) is 6.01. The molecule has 1 N–H and O–H groups in total. The minimum atomic E-state index is -0.783. The number of ether oxygens (including phenoxy) is 1. The Balaban J connectivity index is 2.15. The summed E-state index contributed by atoms with van der Waals surface area (Å²) in [5.41, 5.74) is 2.81. The summed E-state index contributed by atoms with van der Waals surface area (Å²) in [5, 5.41) is 10.4. The van der Waals surface area contributed by atoms with Crippen LogP contribution in [0.4, 0.5) is 0 Å². The molecule has 0 spiro atoms. The third kappa shape index (κ3) is 3.42. The van der Waals surface area contributed by atoms with Crippen LogP contribution in [0.15, 0.2) is 60.7 Å². The van der Waals surface area contributed by atoms with Crippen molar-refractivity contribution in [2.75, 3.05) is 7.11 Å². The molecule has 23 heavy (non-hydrogen) atoms. The molecule has 3 rings (SSSR count). The van der Waals surface area contributed by atoms with Crippen molar-refractivity contribution in [1.29, 1.82) is 0 Å². The van der Waals surface area contributed by atoms with Gasteiger partial charge in [-0.25, -0.2) is 0 Å². The number of benzene rings is 2. The van der Waals surface area contributed by atoms with Crippen molar-refractivity contribution in [3.63, 3.8) is 0 Å². The van der Waals surface area contributed by atoms with Gasteiger partial charge in [-0.1, -0.05) is 0 Å². The van der Waals surface area contributed by atoms with E-state index >= 15 is 0 Å². The summed E-state index contributed by atoms with van der Waals surface area (Å²) in [6.45, 7) is 3.72. The summed E-state index contributed by atoms with van der Waals surface area (Å²) >= 11 is 0.120. The fraction of sp³-hybridized carbons (Fsp3) is 0.200. The zero-order valence-electron chi connectivity index (χ0n) is 13.5. The molecule has 1 heterocycles.